The Labute approximate surface area is 157 Å². The number of carbonyl (C=O) groups excluding carboxylic acids is 1. The zero-order chi connectivity index (χ0) is 18.2. The average molecular weight is 360 g/mol. The van der Waals surface area contributed by atoms with Gasteiger partial charge in [-0.25, -0.2) is 4.98 Å². The molecule has 1 unspecified atom stereocenters. The van der Waals surface area contributed by atoms with Crippen molar-refractivity contribution in [2.75, 3.05) is 19.8 Å². The number of carbonyl (C=O) groups is 1. The van der Waals surface area contributed by atoms with Crippen molar-refractivity contribution in [2.45, 2.75) is 18.9 Å². The molecule has 2 aliphatic heterocycles. The monoisotopic (exact) mass is 360 g/mol. The predicted octanol–water partition coefficient (Wildman–Crippen LogP) is 3.98. The maximum absolute atomic E-state index is 13.2. The second-order valence-electron chi connectivity index (χ2n) is 6.95. The average Bonchev–Trinajstić information content (AvgIpc) is 3.22. The molecular weight excluding hydrogens is 340 g/mol. The van der Waals surface area contributed by atoms with Crippen molar-refractivity contribution in [3.8, 4) is 11.5 Å². The van der Waals surface area contributed by atoms with Crippen LogP contribution in [0, 0.1) is 0 Å². The van der Waals surface area contributed by atoms with Gasteiger partial charge >= 0.3 is 0 Å². The van der Waals surface area contributed by atoms with Crippen LogP contribution >= 0.6 is 0 Å². The van der Waals surface area contributed by atoms with Crippen molar-refractivity contribution in [2.24, 2.45) is 0 Å². The molecule has 1 saturated heterocycles. The van der Waals surface area contributed by atoms with Crippen LogP contribution in [-0.2, 0) is 0 Å². The molecule has 2 aromatic carbocycles. The number of fused-ring (bicyclic) bond motifs is 2. The molecular formula is C22H20N2O3. The van der Waals surface area contributed by atoms with E-state index in [1.165, 1.54) is 0 Å². The molecule has 3 aromatic rings. The first-order valence-corrected chi connectivity index (χ1v) is 9.36. The van der Waals surface area contributed by atoms with Crippen molar-refractivity contribution in [1.82, 2.24) is 9.88 Å². The van der Waals surface area contributed by atoms with E-state index in [-0.39, 0.29) is 11.9 Å². The summed E-state index contributed by atoms with van der Waals surface area (Å²) in [6.07, 6.45) is 1.93. The summed E-state index contributed by atoms with van der Waals surface area (Å²) in [6.45, 7) is 1.88. The van der Waals surface area contributed by atoms with Gasteiger partial charge in [-0.3, -0.25) is 4.79 Å². The van der Waals surface area contributed by atoms with Crippen LogP contribution in [-0.4, -0.2) is 35.5 Å². The Balaban J connectivity index is 1.45. The van der Waals surface area contributed by atoms with Gasteiger partial charge in [0.25, 0.3) is 5.91 Å². The lowest BCUT2D eigenvalue weighted by Gasteiger charge is -2.26. The van der Waals surface area contributed by atoms with Crippen LogP contribution in [0.25, 0.3) is 10.9 Å². The quantitative estimate of drug-likeness (QED) is 0.694. The number of amides is 1. The fourth-order valence-electron chi connectivity index (χ4n) is 3.96. The van der Waals surface area contributed by atoms with E-state index in [0.717, 1.165) is 47.4 Å². The maximum Gasteiger partial charge on any atom is 0.272 e. The van der Waals surface area contributed by atoms with E-state index in [4.69, 9.17) is 9.47 Å². The topological polar surface area (TPSA) is 51.7 Å². The third-order valence-electron chi connectivity index (χ3n) is 5.28. The van der Waals surface area contributed by atoms with Crippen LogP contribution in [0.4, 0.5) is 0 Å². The first-order valence-electron chi connectivity index (χ1n) is 9.36. The van der Waals surface area contributed by atoms with Gasteiger partial charge in [-0.05, 0) is 42.7 Å². The number of ether oxygens (including phenoxy) is 2. The molecule has 2 aliphatic rings. The summed E-state index contributed by atoms with van der Waals surface area (Å²) in [5.74, 6) is 1.53. The van der Waals surface area contributed by atoms with Gasteiger partial charge in [0.2, 0.25) is 0 Å². The van der Waals surface area contributed by atoms with Crippen LogP contribution in [0.2, 0.25) is 0 Å². The predicted molar refractivity (Wildman–Crippen MR) is 102 cm³/mol. The van der Waals surface area contributed by atoms with Gasteiger partial charge in [0.05, 0.1) is 11.6 Å². The number of likely N-dealkylation sites (tertiary alicyclic amines) is 1. The Morgan fingerprint density at radius 2 is 1.85 bits per heavy atom. The summed E-state index contributed by atoms with van der Waals surface area (Å²) in [5, 5.41) is 1.04. The molecule has 5 nitrogen and oxygen atoms in total. The molecule has 0 bridgehead atoms. The Bertz CT molecular complexity index is 1020. The van der Waals surface area contributed by atoms with E-state index in [9.17, 15) is 4.79 Å². The highest BCUT2D eigenvalue weighted by atomic mass is 16.6. The minimum Gasteiger partial charge on any atom is -0.486 e. The molecule has 1 atom stereocenters. The number of benzene rings is 2. The number of aromatic nitrogens is 1. The SMILES string of the molecule is O=C(c1ccc2ccccc2n1)N1CCCC1c1ccc2c(c1)OCCO2. The number of nitrogens with zero attached hydrogens (tertiary/aromatic N) is 2. The lowest BCUT2D eigenvalue weighted by Crippen LogP contribution is -2.31. The Morgan fingerprint density at radius 3 is 2.78 bits per heavy atom. The largest absolute Gasteiger partial charge is 0.486 e. The number of para-hydroxylation sites is 1. The summed E-state index contributed by atoms with van der Waals surface area (Å²) < 4.78 is 11.3. The first kappa shape index (κ1) is 16.1. The molecule has 1 amide bonds. The van der Waals surface area contributed by atoms with Crippen LogP contribution in [0.1, 0.15) is 34.9 Å². The number of rotatable bonds is 2. The molecule has 0 radical (unpaired) electrons. The molecule has 0 N–H and O–H groups in total. The Morgan fingerprint density at radius 1 is 1.00 bits per heavy atom. The molecule has 0 spiro atoms. The summed E-state index contributed by atoms with van der Waals surface area (Å²) in [5.41, 5.74) is 2.43. The second kappa shape index (κ2) is 6.58. The van der Waals surface area contributed by atoms with Gasteiger partial charge < -0.3 is 14.4 Å². The molecule has 5 heteroatoms. The normalized spacial score (nSPS) is 18.7. The van der Waals surface area contributed by atoms with E-state index in [2.05, 4.69) is 4.98 Å². The third kappa shape index (κ3) is 2.89. The summed E-state index contributed by atoms with van der Waals surface area (Å²) in [6, 6.07) is 17.7. The van der Waals surface area contributed by atoms with E-state index in [1.807, 2.05) is 59.5 Å². The fourth-order valence-corrected chi connectivity index (χ4v) is 3.96. The summed E-state index contributed by atoms with van der Waals surface area (Å²) in [7, 11) is 0. The van der Waals surface area contributed by atoms with E-state index < -0.39 is 0 Å². The van der Waals surface area contributed by atoms with Crippen molar-refractivity contribution in [3.05, 3.63) is 65.9 Å². The molecule has 5 rings (SSSR count). The standard InChI is InChI=1S/C22H20N2O3/c25-22(18-9-7-15-4-1-2-5-17(15)23-18)24-11-3-6-19(24)16-8-10-20-21(14-16)27-13-12-26-20/h1-2,4-5,7-10,14,19H,3,6,11-13H2. The fraction of sp³-hybridized carbons (Fsp3) is 0.273. The zero-order valence-electron chi connectivity index (χ0n) is 14.9. The Kier molecular flexibility index (Phi) is 3.93. The second-order valence-corrected chi connectivity index (χ2v) is 6.95. The van der Waals surface area contributed by atoms with E-state index in [0.29, 0.717) is 18.9 Å². The van der Waals surface area contributed by atoms with Crippen LogP contribution in [0.15, 0.2) is 54.6 Å². The van der Waals surface area contributed by atoms with Crippen molar-refractivity contribution in [3.63, 3.8) is 0 Å². The lowest BCUT2D eigenvalue weighted by atomic mass is 10.0. The number of hydrogen-bond acceptors (Lipinski definition) is 4. The summed E-state index contributed by atoms with van der Waals surface area (Å²) in [4.78, 5) is 19.7. The van der Waals surface area contributed by atoms with Crippen molar-refractivity contribution < 1.29 is 14.3 Å². The third-order valence-corrected chi connectivity index (χ3v) is 5.28. The van der Waals surface area contributed by atoms with Gasteiger partial charge in [-0.15, -0.1) is 0 Å². The smallest absolute Gasteiger partial charge is 0.272 e. The molecule has 0 saturated carbocycles. The maximum atomic E-state index is 13.2. The van der Waals surface area contributed by atoms with Crippen molar-refractivity contribution in [1.29, 1.82) is 0 Å². The van der Waals surface area contributed by atoms with Gasteiger partial charge in [0.1, 0.15) is 18.9 Å². The van der Waals surface area contributed by atoms with Gasteiger partial charge in [-0.1, -0.05) is 30.3 Å². The zero-order valence-corrected chi connectivity index (χ0v) is 14.9. The first-order chi connectivity index (χ1) is 13.3. The Hall–Kier alpha value is -3.08. The minimum absolute atomic E-state index is 0.0156. The summed E-state index contributed by atoms with van der Waals surface area (Å²) >= 11 is 0. The number of pyridine rings is 1. The molecule has 136 valence electrons. The number of hydrogen-bond donors (Lipinski definition) is 0. The van der Waals surface area contributed by atoms with Crippen LogP contribution < -0.4 is 9.47 Å². The highest BCUT2D eigenvalue weighted by Gasteiger charge is 2.32. The highest BCUT2D eigenvalue weighted by molar-refractivity contribution is 5.95. The van der Waals surface area contributed by atoms with Crippen LogP contribution in [0.5, 0.6) is 11.5 Å². The van der Waals surface area contributed by atoms with E-state index in [1.54, 1.807) is 0 Å². The molecule has 1 fully saturated rings. The van der Waals surface area contributed by atoms with Crippen molar-refractivity contribution >= 4 is 16.8 Å². The molecule has 27 heavy (non-hydrogen) atoms. The molecule has 0 aliphatic carbocycles. The van der Waals surface area contributed by atoms with Crippen LogP contribution in [0.3, 0.4) is 0 Å². The minimum atomic E-state index is -0.0156. The van der Waals surface area contributed by atoms with Gasteiger partial charge in [0, 0.05) is 11.9 Å². The molecule has 3 heterocycles. The highest BCUT2D eigenvalue weighted by Crippen LogP contribution is 2.38. The lowest BCUT2D eigenvalue weighted by molar-refractivity contribution is 0.0729. The molecule has 1 aromatic heterocycles. The van der Waals surface area contributed by atoms with Gasteiger partial charge in [0.15, 0.2) is 11.5 Å². The van der Waals surface area contributed by atoms with E-state index >= 15 is 0 Å². The van der Waals surface area contributed by atoms with Gasteiger partial charge in [-0.2, -0.15) is 0 Å².